The Bertz CT molecular complexity index is 199. The SMILES string of the molecule is CC.CCc1ccnc(C)c1.CO. The third-order valence-electron chi connectivity index (χ3n) is 1.37. The molecule has 2 heteroatoms. The Kier molecular flexibility index (Phi) is 12.5. The molecule has 0 spiro atoms. The van der Waals surface area contributed by atoms with Gasteiger partial charge < -0.3 is 5.11 Å². The van der Waals surface area contributed by atoms with Gasteiger partial charge in [0.25, 0.3) is 0 Å². The zero-order valence-electron chi connectivity index (χ0n) is 9.33. The van der Waals surface area contributed by atoms with E-state index in [1.165, 1.54) is 5.56 Å². The molecule has 0 radical (unpaired) electrons. The second-order valence-electron chi connectivity index (χ2n) is 2.16. The van der Waals surface area contributed by atoms with Gasteiger partial charge in [0.05, 0.1) is 0 Å². The molecule has 0 fully saturated rings. The quantitative estimate of drug-likeness (QED) is 0.726. The number of aliphatic hydroxyl groups is 1. The van der Waals surface area contributed by atoms with Crippen molar-refractivity contribution < 1.29 is 5.11 Å². The van der Waals surface area contributed by atoms with Crippen molar-refractivity contribution in [2.24, 2.45) is 0 Å². The van der Waals surface area contributed by atoms with E-state index >= 15 is 0 Å². The van der Waals surface area contributed by atoms with Gasteiger partial charge >= 0.3 is 0 Å². The lowest BCUT2D eigenvalue weighted by Gasteiger charge is -1.94. The van der Waals surface area contributed by atoms with Crippen molar-refractivity contribution in [2.45, 2.75) is 34.1 Å². The van der Waals surface area contributed by atoms with Crippen LogP contribution in [0.3, 0.4) is 0 Å². The molecule has 0 bridgehead atoms. The Hall–Kier alpha value is -0.890. The average Bonchev–Trinajstić information content (AvgIpc) is 2.24. The number of pyridine rings is 1. The van der Waals surface area contributed by atoms with Gasteiger partial charge in [0.1, 0.15) is 0 Å². The van der Waals surface area contributed by atoms with Gasteiger partial charge in [-0.2, -0.15) is 0 Å². The molecule has 0 aliphatic heterocycles. The molecule has 0 unspecified atom stereocenters. The number of aromatic nitrogens is 1. The third kappa shape index (κ3) is 7.47. The van der Waals surface area contributed by atoms with Crippen LogP contribution < -0.4 is 0 Å². The van der Waals surface area contributed by atoms with Crippen molar-refractivity contribution in [1.82, 2.24) is 4.98 Å². The minimum Gasteiger partial charge on any atom is -0.400 e. The lowest BCUT2D eigenvalue weighted by molar-refractivity contribution is 0.399. The van der Waals surface area contributed by atoms with Gasteiger partial charge in [-0.25, -0.2) is 0 Å². The summed E-state index contributed by atoms with van der Waals surface area (Å²) in [5, 5.41) is 7.00. The number of aryl methyl sites for hydroxylation is 2. The van der Waals surface area contributed by atoms with E-state index < -0.39 is 0 Å². The number of rotatable bonds is 1. The van der Waals surface area contributed by atoms with Crippen molar-refractivity contribution in [2.75, 3.05) is 7.11 Å². The molecule has 76 valence electrons. The number of nitrogens with zero attached hydrogens (tertiary/aromatic N) is 1. The van der Waals surface area contributed by atoms with Gasteiger partial charge in [0.15, 0.2) is 0 Å². The second kappa shape index (κ2) is 11.1. The van der Waals surface area contributed by atoms with Gasteiger partial charge in [0.2, 0.25) is 0 Å². The highest BCUT2D eigenvalue weighted by atomic mass is 16.2. The van der Waals surface area contributed by atoms with E-state index in [1.807, 2.05) is 33.0 Å². The van der Waals surface area contributed by atoms with Crippen molar-refractivity contribution in [1.29, 1.82) is 0 Å². The predicted molar refractivity (Wildman–Crippen MR) is 57.8 cm³/mol. The minimum atomic E-state index is 1.00. The fraction of sp³-hybridized carbons (Fsp3) is 0.545. The van der Waals surface area contributed by atoms with Gasteiger partial charge in [-0.15, -0.1) is 0 Å². The zero-order valence-corrected chi connectivity index (χ0v) is 9.33. The topological polar surface area (TPSA) is 33.1 Å². The fourth-order valence-electron chi connectivity index (χ4n) is 0.824. The van der Waals surface area contributed by atoms with Crippen LogP contribution >= 0.6 is 0 Å². The van der Waals surface area contributed by atoms with Crippen LogP contribution in [0.25, 0.3) is 0 Å². The Morgan fingerprint density at radius 3 is 2.15 bits per heavy atom. The minimum absolute atomic E-state index is 1.00. The Morgan fingerprint density at radius 2 is 1.85 bits per heavy atom. The summed E-state index contributed by atoms with van der Waals surface area (Å²) in [7, 11) is 1.00. The van der Waals surface area contributed by atoms with Crippen LogP contribution in [0, 0.1) is 6.92 Å². The van der Waals surface area contributed by atoms with Crippen molar-refractivity contribution in [3.05, 3.63) is 29.6 Å². The fourth-order valence-corrected chi connectivity index (χ4v) is 0.824. The van der Waals surface area contributed by atoms with E-state index in [9.17, 15) is 0 Å². The molecule has 1 aromatic heterocycles. The van der Waals surface area contributed by atoms with Crippen LogP contribution in [-0.4, -0.2) is 17.2 Å². The van der Waals surface area contributed by atoms with Gasteiger partial charge in [-0.05, 0) is 31.0 Å². The van der Waals surface area contributed by atoms with Crippen LogP contribution in [0.1, 0.15) is 32.0 Å². The van der Waals surface area contributed by atoms with Gasteiger partial charge in [-0.1, -0.05) is 20.8 Å². The van der Waals surface area contributed by atoms with Crippen LogP contribution in [-0.2, 0) is 6.42 Å². The molecule has 1 rings (SSSR count). The second-order valence-corrected chi connectivity index (χ2v) is 2.16. The van der Waals surface area contributed by atoms with Gasteiger partial charge in [-0.3, -0.25) is 4.98 Å². The molecule has 13 heavy (non-hydrogen) atoms. The maximum Gasteiger partial charge on any atom is 0.0375 e. The summed E-state index contributed by atoms with van der Waals surface area (Å²) in [6.45, 7) is 8.16. The molecule has 2 nitrogen and oxygen atoms in total. The first kappa shape index (κ1) is 14.6. The lowest BCUT2D eigenvalue weighted by Crippen LogP contribution is -1.83. The van der Waals surface area contributed by atoms with Gasteiger partial charge in [0, 0.05) is 19.0 Å². The summed E-state index contributed by atoms with van der Waals surface area (Å²) >= 11 is 0. The molecule has 0 atom stereocenters. The van der Waals surface area contributed by atoms with E-state index in [-0.39, 0.29) is 0 Å². The summed E-state index contributed by atoms with van der Waals surface area (Å²) in [6, 6.07) is 4.16. The van der Waals surface area contributed by atoms with E-state index in [4.69, 9.17) is 5.11 Å². The number of aliphatic hydroxyl groups excluding tert-OH is 1. The molecule has 0 saturated carbocycles. The summed E-state index contributed by atoms with van der Waals surface area (Å²) in [6.07, 6.45) is 2.96. The summed E-state index contributed by atoms with van der Waals surface area (Å²) < 4.78 is 0. The van der Waals surface area contributed by atoms with Crippen LogP contribution in [0.15, 0.2) is 18.3 Å². The van der Waals surface area contributed by atoms with Crippen molar-refractivity contribution in [3.8, 4) is 0 Å². The van der Waals surface area contributed by atoms with Crippen molar-refractivity contribution in [3.63, 3.8) is 0 Å². The molecule has 1 aromatic rings. The molecule has 1 N–H and O–H groups in total. The predicted octanol–water partition coefficient (Wildman–Crippen LogP) is 2.59. The molecule has 0 aliphatic carbocycles. The third-order valence-corrected chi connectivity index (χ3v) is 1.37. The zero-order chi connectivity index (χ0) is 10.7. The number of hydrogen-bond donors (Lipinski definition) is 1. The molecular formula is C11H21NO. The molecule has 0 amide bonds. The van der Waals surface area contributed by atoms with Crippen molar-refractivity contribution >= 4 is 0 Å². The van der Waals surface area contributed by atoms with E-state index in [1.54, 1.807) is 0 Å². The molecule has 0 aromatic carbocycles. The highest BCUT2D eigenvalue weighted by Gasteiger charge is 1.87. The molecular weight excluding hydrogens is 162 g/mol. The monoisotopic (exact) mass is 183 g/mol. The highest BCUT2D eigenvalue weighted by Crippen LogP contribution is 1.99. The molecule has 0 aliphatic rings. The normalized spacial score (nSPS) is 7.54. The first-order valence-electron chi connectivity index (χ1n) is 4.69. The van der Waals surface area contributed by atoms with Crippen LogP contribution in [0.5, 0.6) is 0 Å². The molecule has 1 heterocycles. The average molecular weight is 183 g/mol. The standard InChI is InChI=1S/C8H11N.C2H6.CH4O/c1-3-8-4-5-9-7(2)6-8;2*1-2/h4-6H,3H2,1-2H3;1-2H3;2H,1H3. The number of hydrogen-bond acceptors (Lipinski definition) is 2. The maximum atomic E-state index is 7.00. The largest absolute Gasteiger partial charge is 0.400 e. The molecule has 0 saturated heterocycles. The maximum absolute atomic E-state index is 7.00. The van der Waals surface area contributed by atoms with Crippen LogP contribution in [0.4, 0.5) is 0 Å². The summed E-state index contributed by atoms with van der Waals surface area (Å²) in [4.78, 5) is 4.09. The Balaban J connectivity index is 0. The summed E-state index contributed by atoms with van der Waals surface area (Å²) in [5.74, 6) is 0. The van der Waals surface area contributed by atoms with E-state index in [0.29, 0.717) is 0 Å². The van der Waals surface area contributed by atoms with Crippen LogP contribution in [0.2, 0.25) is 0 Å². The lowest BCUT2D eigenvalue weighted by atomic mass is 10.2. The first-order chi connectivity index (χ1) is 6.33. The van der Waals surface area contributed by atoms with E-state index in [2.05, 4.69) is 18.0 Å². The Morgan fingerprint density at radius 1 is 1.31 bits per heavy atom. The highest BCUT2D eigenvalue weighted by molar-refractivity contribution is 5.14. The first-order valence-corrected chi connectivity index (χ1v) is 4.69. The summed E-state index contributed by atoms with van der Waals surface area (Å²) in [5.41, 5.74) is 2.47. The Labute approximate surface area is 81.6 Å². The smallest absolute Gasteiger partial charge is 0.0375 e. The van der Waals surface area contributed by atoms with E-state index in [0.717, 1.165) is 19.2 Å².